The van der Waals surface area contributed by atoms with E-state index in [9.17, 15) is 14.0 Å². The van der Waals surface area contributed by atoms with Crippen LogP contribution in [0.2, 0.25) is 0 Å². The van der Waals surface area contributed by atoms with Crippen molar-refractivity contribution >= 4 is 11.9 Å². The maximum atomic E-state index is 12.6. The van der Waals surface area contributed by atoms with Gasteiger partial charge in [-0.3, -0.25) is 9.59 Å². The van der Waals surface area contributed by atoms with E-state index >= 15 is 0 Å². The zero-order chi connectivity index (χ0) is 13.4. The molecule has 0 saturated heterocycles. The second-order valence-electron chi connectivity index (χ2n) is 4.00. The van der Waals surface area contributed by atoms with Crippen molar-refractivity contribution in [2.45, 2.75) is 25.7 Å². The van der Waals surface area contributed by atoms with Gasteiger partial charge in [0.2, 0.25) is 5.91 Å². The molecule has 0 spiro atoms. The van der Waals surface area contributed by atoms with E-state index < -0.39 is 5.97 Å². The minimum Gasteiger partial charge on any atom is -0.481 e. The van der Waals surface area contributed by atoms with Crippen LogP contribution in [0.25, 0.3) is 0 Å². The van der Waals surface area contributed by atoms with Gasteiger partial charge in [-0.1, -0.05) is 12.1 Å². The van der Waals surface area contributed by atoms with E-state index in [1.54, 1.807) is 12.1 Å². The third-order valence-electron chi connectivity index (χ3n) is 2.42. The lowest BCUT2D eigenvalue weighted by atomic mass is 10.1. The van der Waals surface area contributed by atoms with E-state index in [4.69, 9.17) is 5.11 Å². The van der Waals surface area contributed by atoms with Gasteiger partial charge in [0.15, 0.2) is 0 Å². The zero-order valence-corrected chi connectivity index (χ0v) is 9.99. The lowest BCUT2D eigenvalue weighted by Crippen LogP contribution is -2.26. The highest BCUT2D eigenvalue weighted by molar-refractivity contribution is 5.78. The van der Waals surface area contributed by atoms with Crippen LogP contribution in [0.15, 0.2) is 24.3 Å². The van der Waals surface area contributed by atoms with Crippen molar-refractivity contribution in [1.29, 1.82) is 0 Å². The second-order valence-corrected chi connectivity index (χ2v) is 4.00. The minimum absolute atomic E-state index is 0.119. The van der Waals surface area contributed by atoms with Gasteiger partial charge in [-0.2, -0.15) is 0 Å². The maximum Gasteiger partial charge on any atom is 0.303 e. The summed E-state index contributed by atoms with van der Waals surface area (Å²) < 4.78 is 12.6. The molecule has 0 saturated carbocycles. The van der Waals surface area contributed by atoms with Crippen molar-refractivity contribution in [1.82, 2.24) is 5.32 Å². The molecule has 98 valence electrons. The molecule has 0 radical (unpaired) electrons. The molecule has 0 atom stereocenters. The summed E-state index contributed by atoms with van der Waals surface area (Å²) in [7, 11) is 0. The highest BCUT2D eigenvalue weighted by atomic mass is 19.1. The van der Waals surface area contributed by atoms with Gasteiger partial charge in [-0.25, -0.2) is 4.39 Å². The average molecular weight is 253 g/mol. The van der Waals surface area contributed by atoms with Crippen molar-refractivity contribution in [3.05, 3.63) is 35.6 Å². The van der Waals surface area contributed by atoms with Crippen LogP contribution >= 0.6 is 0 Å². The molecule has 1 aromatic rings. The molecule has 0 aromatic heterocycles. The highest BCUT2D eigenvalue weighted by Gasteiger charge is 2.03. The standard InChI is InChI=1S/C13H16FNO3/c14-11-6-4-10(5-7-11)9-12(16)15-8-2-1-3-13(17)18/h4-7H,1-3,8-9H2,(H,15,16)(H,17,18). The van der Waals surface area contributed by atoms with E-state index in [1.807, 2.05) is 0 Å². The number of hydrogen-bond donors (Lipinski definition) is 2. The quantitative estimate of drug-likeness (QED) is 0.727. The summed E-state index contributed by atoms with van der Waals surface area (Å²) in [6.45, 7) is 0.466. The third kappa shape index (κ3) is 5.98. The maximum absolute atomic E-state index is 12.6. The van der Waals surface area contributed by atoms with Crippen LogP contribution in [0.3, 0.4) is 0 Å². The summed E-state index contributed by atoms with van der Waals surface area (Å²) in [6.07, 6.45) is 1.51. The molecule has 1 amide bonds. The number of aliphatic carboxylic acids is 1. The third-order valence-corrected chi connectivity index (χ3v) is 2.42. The molecule has 0 fully saturated rings. The fraction of sp³-hybridized carbons (Fsp3) is 0.385. The molecular formula is C13H16FNO3. The SMILES string of the molecule is O=C(O)CCCCNC(=O)Cc1ccc(F)cc1. The number of nitrogens with one attached hydrogen (secondary N) is 1. The van der Waals surface area contributed by atoms with E-state index in [0.717, 1.165) is 5.56 Å². The molecule has 0 aliphatic rings. The van der Waals surface area contributed by atoms with Gasteiger partial charge in [0.1, 0.15) is 5.82 Å². The second kappa shape index (κ2) is 7.42. The number of carboxylic acids is 1. The van der Waals surface area contributed by atoms with Crippen LogP contribution in [-0.2, 0) is 16.0 Å². The summed E-state index contributed by atoms with van der Waals surface area (Å²) in [5, 5.41) is 11.1. The molecule has 0 bridgehead atoms. The number of unbranched alkanes of at least 4 members (excludes halogenated alkanes) is 1. The summed E-state index contributed by atoms with van der Waals surface area (Å²) in [5.74, 6) is -1.29. The Morgan fingerprint density at radius 1 is 1.17 bits per heavy atom. The molecular weight excluding hydrogens is 237 g/mol. The first-order chi connectivity index (χ1) is 8.58. The van der Waals surface area contributed by atoms with Crippen molar-refractivity contribution in [3.8, 4) is 0 Å². The Morgan fingerprint density at radius 3 is 2.44 bits per heavy atom. The Kier molecular flexibility index (Phi) is 5.84. The lowest BCUT2D eigenvalue weighted by Gasteiger charge is -2.04. The van der Waals surface area contributed by atoms with Gasteiger partial charge < -0.3 is 10.4 Å². The van der Waals surface area contributed by atoms with E-state index in [0.29, 0.717) is 19.4 Å². The molecule has 4 nitrogen and oxygen atoms in total. The number of halogens is 1. The molecule has 0 aliphatic carbocycles. The summed E-state index contributed by atoms with van der Waals surface area (Å²) in [4.78, 5) is 21.7. The van der Waals surface area contributed by atoms with E-state index in [2.05, 4.69) is 5.32 Å². The van der Waals surface area contributed by atoms with Gasteiger partial charge in [0.05, 0.1) is 6.42 Å². The molecule has 2 N–H and O–H groups in total. The smallest absolute Gasteiger partial charge is 0.303 e. The summed E-state index contributed by atoms with van der Waals surface area (Å²) in [6, 6.07) is 5.77. The Bertz CT molecular complexity index is 403. The fourth-order valence-corrected chi connectivity index (χ4v) is 1.48. The lowest BCUT2D eigenvalue weighted by molar-refractivity contribution is -0.137. The molecule has 0 aliphatic heterocycles. The van der Waals surface area contributed by atoms with Gasteiger partial charge in [-0.05, 0) is 30.5 Å². The highest BCUT2D eigenvalue weighted by Crippen LogP contribution is 2.03. The largest absolute Gasteiger partial charge is 0.481 e. The molecule has 0 heterocycles. The van der Waals surface area contributed by atoms with Gasteiger partial charge in [-0.15, -0.1) is 0 Å². The Labute approximate surface area is 105 Å². The first-order valence-corrected chi connectivity index (χ1v) is 5.81. The Balaban J connectivity index is 2.17. The van der Waals surface area contributed by atoms with Crippen LogP contribution < -0.4 is 5.32 Å². The molecule has 5 heteroatoms. The van der Waals surface area contributed by atoms with Gasteiger partial charge in [0, 0.05) is 13.0 Å². The Hall–Kier alpha value is -1.91. The molecule has 0 unspecified atom stereocenters. The fourth-order valence-electron chi connectivity index (χ4n) is 1.48. The number of carbonyl (C=O) groups is 2. The van der Waals surface area contributed by atoms with Crippen molar-refractivity contribution in [3.63, 3.8) is 0 Å². The van der Waals surface area contributed by atoms with Crippen LogP contribution in [0.5, 0.6) is 0 Å². The number of rotatable bonds is 7. The van der Waals surface area contributed by atoms with Gasteiger partial charge >= 0.3 is 5.97 Å². The number of hydrogen-bond acceptors (Lipinski definition) is 2. The first kappa shape index (κ1) is 14.2. The molecule has 1 rings (SSSR count). The predicted molar refractivity (Wildman–Crippen MR) is 64.6 cm³/mol. The number of amides is 1. The van der Waals surface area contributed by atoms with Crippen molar-refractivity contribution in [2.75, 3.05) is 6.54 Å². The van der Waals surface area contributed by atoms with Crippen LogP contribution in [0, 0.1) is 5.82 Å². The summed E-state index contributed by atoms with van der Waals surface area (Å²) >= 11 is 0. The van der Waals surface area contributed by atoms with E-state index in [1.165, 1.54) is 12.1 Å². The first-order valence-electron chi connectivity index (χ1n) is 5.81. The minimum atomic E-state index is -0.826. The number of benzene rings is 1. The monoisotopic (exact) mass is 253 g/mol. The number of carbonyl (C=O) groups excluding carboxylic acids is 1. The van der Waals surface area contributed by atoms with Crippen LogP contribution in [0.4, 0.5) is 4.39 Å². The average Bonchev–Trinajstić information content (AvgIpc) is 2.31. The summed E-state index contributed by atoms with van der Waals surface area (Å²) in [5.41, 5.74) is 0.749. The topological polar surface area (TPSA) is 66.4 Å². The molecule has 1 aromatic carbocycles. The van der Waals surface area contributed by atoms with Crippen LogP contribution in [-0.4, -0.2) is 23.5 Å². The van der Waals surface area contributed by atoms with Crippen molar-refractivity contribution in [2.24, 2.45) is 0 Å². The predicted octanol–water partition coefficient (Wildman–Crippen LogP) is 1.74. The zero-order valence-electron chi connectivity index (χ0n) is 9.99. The van der Waals surface area contributed by atoms with Crippen molar-refractivity contribution < 1.29 is 19.1 Å². The van der Waals surface area contributed by atoms with Crippen LogP contribution in [0.1, 0.15) is 24.8 Å². The Morgan fingerprint density at radius 2 is 1.83 bits per heavy atom. The normalized spacial score (nSPS) is 10.1. The van der Waals surface area contributed by atoms with E-state index in [-0.39, 0.29) is 24.6 Å². The number of carboxylic acid groups (broad SMARTS) is 1. The molecule has 18 heavy (non-hydrogen) atoms. The van der Waals surface area contributed by atoms with Gasteiger partial charge in [0.25, 0.3) is 0 Å².